The van der Waals surface area contributed by atoms with E-state index in [1.807, 2.05) is 50.4 Å². The highest BCUT2D eigenvalue weighted by molar-refractivity contribution is 7.90. The first kappa shape index (κ1) is 23.0. The molecule has 0 spiro atoms. The van der Waals surface area contributed by atoms with Crippen LogP contribution in [0.5, 0.6) is 0 Å². The van der Waals surface area contributed by atoms with E-state index in [2.05, 4.69) is 4.37 Å². The van der Waals surface area contributed by atoms with Crippen LogP contribution in [0.2, 0.25) is 0 Å². The minimum Gasteiger partial charge on any atom is -0.478 e. The summed E-state index contributed by atoms with van der Waals surface area (Å²) >= 11 is 3.04. The third kappa shape index (κ3) is 4.45. The molecule has 0 radical (unpaired) electrons. The first-order valence-electron chi connectivity index (χ1n) is 10.9. The minimum atomic E-state index is -3.80. The highest BCUT2D eigenvalue weighted by Gasteiger charge is 2.32. The molecule has 1 aliphatic carbocycles. The van der Waals surface area contributed by atoms with Gasteiger partial charge >= 0.3 is 5.97 Å². The number of thiophene rings is 1. The Balaban J connectivity index is 1.64. The van der Waals surface area contributed by atoms with Crippen molar-refractivity contribution in [1.82, 2.24) is 4.37 Å². The molecule has 1 N–H and O–H groups in total. The molecule has 2 heterocycles. The van der Waals surface area contributed by atoms with Gasteiger partial charge in [-0.3, -0.25) is 0 Å². The highest BCUT2D eigenvalue weighted by atomic mass is 32.2. The third-order valence-electron chi connectivity index (χ3n) is 6.13. The monoisotopic (exact) mass is 509 g/mol. The average Bonchev–Trinajstić information content (AvgIpc) is 3.42. The fourth-order valence-corrected chi connectivity index (χ4v) is 7.44. The molecule has 1 fully saturated rings. The SMILES string of the molecule is Cc1ccc(-c2ccc(-c3cnsc3C)cc2CS(=O)(=O)c2cc(C(=O)O)ccc2C2CC2)s1. The Morgan fingerprint density at radius 2 is 1.85 bits per heavy atom. The van der Waals surface area contributed by atoms with Crippen LogP contribution in [0, 0.1) is 13.8 Å². The number of aryl methyl sites for hydroxylation is 2. The van der Waals surface area contributed by atoms with Crippen molar-refractivity contribution in [3.63, 3.8) is 0 Å². The smallest absolute Gasteiger partial charge is 0.335 e. The number of sulfone groups is 1. The molecule has 0 saturated heterocycles. The van der Waals surface area contributed by atoms with Crippen molar-refractivity contribution < 1.29 is 18.3 Å². The van der Waals surface area contributed by atoms with Crippen LogP contribution in [0.1, 0.15) is 50.0 Å². The minimum absolute atomic E-state index is 0.00852. The molecule has 0 unspecified atom stereocenters. The Labute approximate surface area is 206 Å². The third-order valence-corrected chi connectivity index (χ3v) is 9.58. The zero-order valence-electron chi connectivity index (χ0n) is 18.7. The van der Waals surface area contributed by atoms with Crippen LogP contribution in [-0.4, -0.2) is 23.9 Å². The Morgan fingerprint density at radius 1 is 1.06 bits per heavy atom. The normalized spacial score (nSPS) is 13.8. The summed E-state index contributed by atoms with van der Waals surface area (Å²) in [6.07, 6.45) is 3.66. The van der Waals surface area contributed by atoms with E-state index >= 15 is 0 Å². The van der Waals surface area contributed by atoms with Gasteiger partial charge in [0.25, 0.3) is 0 Å². The van der Waals surface area contributed by atoms with Gasteiger partial charge in [-0.25, -0.2) is 17.6 Å². The summed E-state index contributed by atoms with van der Waals surface area (Å²) in [5.74, 6) is -1.15. The molecule has 5 rings (SSSR count). The number of benzene rings is 2. The molecule has 1 saturated carbocycles. The van der Waals surface area contributed by atoms with Gasteiger partial charge in [0, 0.05) is 26.4 Å². The second-order valence-corrected chi connectivity index (χ2v) is 12.9. The Morgan fingerprint density at radius 3 is 2.47 bits per heavy atom. The number of aromatic nitrogens is 1. The van der Waals surface area contributed by atoms with Gasteiger partial charge in [-0.05, 0) is 96.7 Å². The van der Waals surface area contributed by atoms with Gasteiger partial charge in [0.2, 0.25) is 0 Å². The van der Waals surface area contributed by atoms with Gasteiger partial charge in [-0.2, -0.15) is 0 Å². The summed E-state index contributed by atoms with van der Waals surface area (Å²) in [5.41, 5.74) is 4.22. The number of aromatic carboxylic acids is 1. The van der Waals surface area contributed by atoms with Gasteiger partial charge in [0.1, 0.15) is 0 Å². The summed E-state index contributed by atoms with van der Waals surface area (Å²) in [5, 5.41) is 9.47. The Hall–Kier alpha value is -2.81. The van der Waals surface area contributed by atoms with Crippen molar-refractivity contribution >= 4 is 38.7 Å². The molecule has 0 aliphatic heterocycles. The molecule has 4 aromatic rings. The van der Waals surface area contributed by atoms with Crippen molar-refractivity contribution in [3.8, 4) is 21.6 Å². The van der Waals surface area contributed by atoms with Crippen LogP contribution in [0.25, 0.3) is 21.6 Å². The maximum absolute atomic E-state index is 13.8. The van der Waals surface area contributed by atoms with Gasteiger partial charge < -0.3 is 5.11 Å². The second kappa shape index (κ2) is 8.76. The van der Waals surface area contributed by atoms with Crippen molar-refractivity contribution in [2.75, 3.05) is 0 Å². The Kier molecular flexibility index (Phi) is 5.91. The lowest BCUT2D eigenvalue weighted by Crippen LogP contribution is -2.10. The van der Waals surface area contributed by atoms with E-state index in [1.54, 1.807) is 17.4 Å². The fourth-order valence-electron chi connectivity index (χ4n) is 4.23. The molecule has 5 nitrogen and oxygen atoms in total. The standard InChI is InChI=1S/C26H23NO4S3/c1-15-3-10-24(32-15)21-8-6-18(23-13-27-33-16(23)2)11-20(21)14-34(30,31)25-12-19(26(28)29)7-9-22(25)17-4-5-17/h3,6-13,17H,4-5,14H2,1-2H3,(H,28,29). The number of nitrogens with zero attached hydrogens (tertiary/aromatic N) is 1. The highest BCUT2D eigenvalue weighted by Crippen LogP contribution is 2.44. The lowest BCUT2D eigenvalue weighted by molar-refractivity contribution is 0.0696. The molecule has 0 atom stereocenters. The van der Waals surface area contributed by atoms with Gasteiger partial charge in [0.05, 0.1) is 16.2 Å². The maximum atomic E-state index is 13.8. The predicted molar refractivity (Wildman–Crippen MR) is 137 cm³/mol. The molecular weight excluding hydrogens is 486 g/mol. The van der Waals surface area contributed by atoms with Crippen LogP contribution in [-0.2, 0) is 15.6 Å². The molecular formula is C26H23NO4S3. The maximum Gasteiger partial charge on any atom is 0.335 e. The largest absolute Gasteiger partial charge is 0.478 e. The topological polar surface area (TPSA) is 84.3 Å². The lowest BCUT2D eigenvalue weighted by atomic mass is 10.00. The zero-order valence-corrected chi connectivity index (χ0v) is 21.2. The molecule has 2 aromatic heterocycles. The number of carboxylic acids is 1. The molecule has 1 aliphatic rings. The zero-order chi connectivity index (χ0) is 24.0. The van der Waals surface area contributed by atoms with E-state index in [0.717, 1.165) is 49.7 Å². The molecule has 174 valence electrons. The Bertz CT molecular complexity index is 1510. The number of rotatable bonds is 7. The van der Waals surface area contributed by atoms with Crippen LogP contribution < -0.4 is 0 Å². The summed E-state index contributed by atoms with van der Waals surface area (Å²) in [6, 6.07) is 14.5. The van der Waals surface area contributed by atoms with Gasteiger partial charge in [-0.1, -0.05) is 18.2 Å². The van der Waals surface area contributed by atoms with Crippen LogP contribution >= 0.6 is 22.9 Å². The van der Waals surface area contributed by atoms with E-state index in [1.165, 1.54) is 23.7 Å². The van der Waals surface area contributed by atoms with Crippen molar-refractivity contribution in [2.45, 2.75) is 43.3 Å². The van der Waals surface area contributed by atoms with Crippen LogP contribution in [0.4, 0.5) is 0 Å². The quantitative estimate of drug-likeness (QED) is 0.299. The molecule has 2 aromatic carbocycles. The van der Waals surface area contributed by atoms with Crippen molar-refractivity contribution in [3.05, 3.63) is 81.2 Å². The van der Waals surface area contributed by atoms with E-state index in [9.17, 15) is 18.3 Å². The number of hydrogen-bond acceptors (Lipinski definition) is 6. The van der Waals surface area contributed by atoms with Crippen LogP contribution in [0.15, 0.2) is 59.6 Å². The van der Waals surface area contributed by atoms with E-state index in [0.29, 0.717) is 5.56 Å². The number of carboxylic acid groups (broad SMARTS) is 1. The first-order chi connectivity index (χ1) is 16.2. The average molecular weight is 510 g/mol. The fraction of sp³-hybridized carbons (Fsp3) is 0.231. The van der Waals surface area contributed by atoms with Crippen molar-refractivity contribution in [1.29, 1.82) is 0 Å². The molecule has 34 heavy (non-hydrogen) atoms. The number of hydrogen-bond donors (Lipinski definition) is 1. The van der Waals surface area contributed by atoms with Gasteiger partial charge in [-0.15, -0.1) is 11.3 Å². The molecule has 0 amide bonds. The van der Waals surface area contributed by atoms with Gasteiger partial charge in [0.15, 0.2) is 9.84 Å². The molecule has 0 bridgehead atoms. The van der Waals surface area contributed by atoms with E-state index in [4.69, 9.17) is 0 Å². The second-order valence-electron chi connectivity index (χ2n) is 8.67. The predicted octanol–water partition coefficient (Wildman–Crippen LogP) is 6.70. The number of carbonyl (C=O) groups is 1. The summed E-state index contributed by atoms with van der Waals surface area (Å²) in [6.45, 7) is 4.03. The van der Waals surface area contributed by atoms with Crippen molar-refractivity contribution in [2.24, 2.45) is 0 Å². The molecule has 8 heteroatoms. The van der Waals surface area contributed by atoms with E-state index in [-0.39, 0.29) is 22.1 Å². The summed E-state index contributed by atoms with van der Waals surface area (Å²) in [7, 11) is -3.80. The summed E-state index contributed by atoms with van der Waals surface area (Å²) in [4.78, 5) is 15.0. The lowest BCUT2D eigenvalue weighted by Gasteiger charge is -2.15. The summed E-state index contributed by atoms with van der Waals surface area (Å²) < 4.78 is 31.8. The van der Waals surface area contributed by atoms with Crippen LogP contribution in [0.3, 0.4) is 0 Å². The van der Waals surface area contributed by atoms with E-state index < -0.39 is 15.8 Å². The first-order valence-corrected chi connectivity index (χ1v) is 14.2.